The number of nitrogens with one attached hydrogen (secondary N) is 1. The van der Waals surface area contributed by atoms with E-state index in [4.69, 9.17) is 0 Å². The van der Waals surface area contributed by atoms with Crippen molar-refractivity contribution in [3.63, 3.8) is 0 Å². The van der Waals surface area contributed by atoms with Crippen molar-refractivity contribution >= 4 is 11.0 Å². The van der Waals surface area contributed by atoms with Crippen molar-refractivity contribution in [1.82, 2.24) is 15.0 Å². The summed E-state index contributed by atoms with van der Waals surface area (Å²) in [5.41, 5.74) is 3.23. The Bertz CT molecular complexity index is 527. The standard InChI is InChI=1S/C14H21N3/c1-13(2,3)11-7-9-10(8-15-11)17-12(16-9)14(4,5)6/h7-8H,1-6H3,(H,16,17). The van der Waals surface area contributed by atoms with Crippen LogP contribution in [0.15, 0.2) is 12.3 Å². The first kappa shape index (κ1) is 12.1. The molecule has 0 unspecified atom stereocenters. The number of rotatable bonds is 0. The van der Waals surface area contributed by atoms with Crippen molar-refractivity contribution in [3.8, 4) is 0 Å². The van der Waals surface area contributed by atoms with Crippen LogP contribution in [0.1, 0.15) is 53.1 Å². The number of hydrogen-bond acceptors (Lipinski definition) is 2. The molecule has 3 heteroatoms. The number of H-pyrrole nitrogens is 1. The molecule has 0 aliphatic heterocycles. The van der Waals surface area contributed by atoms with Crippen LogP contribution in [0.4, 0.5) is 0 Å². The third kappa shape index (κ3) is 2.33. The molecule has 0 radical (unpaired) electrons. The number of aromatic nitrogens is 3. The van der Waals surface area contributed by atoms with Crippen LogP contribution in [-0.2, 0) is 10.8 Å². The highest BCUT2D eigenvalue weighted by Gasteiger charge is 2.20. The van der Waals surface area contributed by atoms with E-state index in [0.29, 0.717) is 0 Å². The van der Waals surface area contributed by atoms with Crippen LogP contribution in [0.5, 0.6) is 0 Å². The Balaban J connectivity index is 2.56. The van der Waals surface area contributed by atoms with Gasteiger partial charge in [0.1, 0.15) is 11.3 Å². The molecule has 0 saturated heterocycles. The second kappa shape index (κ2) is 3.56. The van der Waals surface area contributed by atoms with Gasteiger partial charge in [0.25, 0.3) is 0 Å². The largest absolute Gasteiger partial charge is 0.341 e. The molecule has 2 aromatic heterocycles. The molecule has 2 heterocycles. The van der Waals surface area contributed by atoms with Gasteiger partial charge in [-0.2, -0.15) is 0 Å². The lowest BCUT2D eigenvalue weighted by Gasteiger charge is -2.16. The Hall–Kier alpha value is -1.38. The first-order valence-electron chi connectivity index (χ1n) is 6.05. The van der Waals surface area contributed by atoms with Crippen molar-refractivity contribution in [2.24, 2.45) is 0 Å². The molecular formula is C14H21N3. The zero-order valence-electron chi connectivity index (χ0n) is 11.5. The molecule has 3 nitrogen and oxygen atoms in total. The van der Waals surface area contributed by atoms with Crippen molar-refractivity contribution in [2.75, 3.05) is 0 Å². The van der Waals surface area contributed by atoms with Gasteiger partial charge in [-0.15, -0.1) is 0 Å². The maximum Gasteiger partial charge on any atom is 0.112 e. The Morgan fingerprint density at radius 3 is 2.18 bits per heavy atom. The molecule has 0 amide bonds. The average Bonchev–Trinajstić information content (AvgIpc) is 2.57. The smallest absolute Gasteiger partial charge is 0.112 e. The lowest BCUT2D eigenvalue weighted by Crippen LogP contribution is -2.13. The van der Waals surface area contributed by atoms with Crippen LogP contribution in [0.2, 0.25) is 0 Å². The Labute approximate surface area is 103 Å². The minimum absolute atomic E-state index is 0.0426. The van der Waals surface area contributed by atoms with Crippen LogP contribution < -0.4 is 0 Å². The molecule has 0 atom stereocenters. The van der Waals surface area contributed by atoms with E-state index in [1.807, 2.05) is 6.20 Å². The highest BCUT2D eigenvalue weighted by Crippen LogP contribution is 2.25. The van der Waals surface area contributed by atoms with Crippen molar-refractivity contribution < 1.29 is 0 Å². The van der Waals surface area contributed by atoms with Crippen molar-refractivity contribution in [2.45, 2.75) is 52.4 Å². The van der Waals surface area contributed by atoms with E-state index in [0.717, 1.165) is 22.6 Å². The van der Waals surface area contributed by atoms with Gasteiger partial charge in [0.15, 0.2) is 0 Å². The minimum Gasteiger partial charge on any atom is -0.341 e. The number of hydrogen-bond donors (Lipinski definition) is 1. The van der Waals surface area contributed by atoms with Gasteiger partial charge >= 0.3 is 0 Å². The summed E-state index contributed by atoms with van der Waals surface area (Å²) in [4.78, 5) is 12.5. The predicted molar refractivity (Wildman–Crippen MR) is 71.3 cm³/mol. The van der Waals surface area contributed by atoms with E-state index < -0.39 is 0 Å². The summed E-state index contributed by atoms with van der Waals surface area (Å²) in [5.74, 6) is 1.01. The van der Waals surface area contributed by atoms with Gasteiger partial charge < -0.3 is 4.98 Å². The van der Waals surface area contributed by atoms with E-state index >= 15 is 0 Å². The first-order valence-corrected chi connectivity index (χ1v) is 6.05. The minimum atomic E-state index is 0.0426. The zero-order chi connectivity index (χ0) is 12.8. The fourth-order valence-electron chi connectivity index (χ4n) is 1.68. The molecule has 0 aromatic carbocycles. The number of aromatic amines is 1. The van der Waals surface area contributed by atoms with Gasteiger partial charge in [-0.25, -0.2) is 4.98 Å². The monoisotopic (exact) mass is 231 g/mol. The summed E-state index contributed by atoms with van der Waals surface area (Å²) in [6.45, 7) is 13.0. The van der Waals surface area contributed by atoms with E-state index in [9.17, 15) is 0 Å². The zero-order valence-corrected chi connectivity index (χ0v) is 11.5. The molecule has 0 aliphatic rings. The molecule has 2 aromatic rings. The molecular weight excluding hydrogens is 210 g/mol. The van der Waals surface area contributed by atoms with Gasteiger partial charge in [-0.1, -0.05) is 41.5 Å². The third-order valence-corrected chi connectivity index (χ3v) is 2.85. The quantitative estimate of drug-likeness (QED) is 0.753. The second-order valence-electron chi connectivity index (χ2n) is 6.67. The Morgan fingerprint density at radius 1 is 1.00 bits per heavy atom. The van der Waals surface area contributed by atoms with Gasteiger partial charge in [0, 0.05) is 16.5 Å². The van der Waals surface area contributed by atoms with E-state index in [-0.39, 0.29) is 10.8 Å². The molecule has 0 saturated carbocycles. The fraction of sp³-hybridized carbons (Fsp3) is 0.571. The van der Waals surface area contributed by atoms with Crippen LogP contribution in [0, 0.1) is 0 Å². The summed E-state index contributed by atoms with van der Waals surface area (Å²) in [6, 6.07) is 2.11. The number of pyridine rings is 1. The van der Waals surface area contributed by atoms with Crippen LogP contribution >= 0.6 is 0 Å². The van der Waals surface area contributed by atoms with E-state index in [1.165, 1.54) is 0 Å². The van der Waals surface area contributed by atoms with Crippen LogP contribution in [-0.4, -0.2) is 15.0 Å². The molecule has 0 bridgehead atoms. The summed E-state index contributed by atoms with van der Waals surface area (Å²) in [7, 11) is 0. The second-order valence-corrected chi connectivity index (χ2v) is 6.67. The molecule has 0 aliphatic carbocycles. The van der Waals surface area contributed by atoms with Crippen molar-refractivity contribution in [1.29, 1.82) is 0 Å². The third-order valence-electron chi connectivity index (χ3n) is 2.85. The lowest BCUT2D eigenvalue weighted by atomic mass is 9.91. The van der Waals surface area contributed by atoms with Crippen LogP contribution in [0.3, 0.4) is 0 Å². The average molecular weight is 231 g/mol. The van der Waals surface area contributed by atoms with E-state index in [1.54, 1.807) is 0 Å². The van der Waals surface area contributed by atoms with Gasteiger partial charge in [0.2, 0.25) is 0 Å². The molecule has 2 rings (SSSR count). The van der Waals surface area contributed by atoms with E-state index in [2.05, 4.69) is 62.6 Å². The van der Waals surface area contributed by atoms with Gasteiger partial charge in [0.05, 0.1) is 11.7 Å². The SMILES string of the molecule is CC(C)(C)c1cc2[nH]c(C(C)(C)C)nc2cn1. The maximum absolute atomic E-state index is 4.59. The molecule has 92 valence electrons. The molecule has 17 heavy (non-hydrogen) atoms. The normalized spacial score (nSPS) is 13.3. The summed E-state index contributed by atoms with van der Waals surface area (Å²) in [5, 5.41) is 0. The Kier molecular flexibility index (Phi) is 2.53. The van der Waals surface area contributed by atoms with Crippen molar-refractivity contribution in [3.05, 3.63) is 23.8 Å². The maximum atomic E-state index is 4.59. The Morgan fingerprint density at radius 2 is 1.65 bits per heavy atom. The van der Waals surface area contributed by atoms with Gasteiger partial charge in [-0.05, 0) is 6.07 Å². The highest BCUT2D eigenvalue weighted by atomic mass is 14.9. The summed E-state index contributed by atoms with van der Waals surface area (Å²) >= 11 is 0. The number of imidazole rings is 1. The molecule has 0 spiro atoms. The molecule has 1 N–H and O–H groups in total. The highest BCUT2D eigenvalue weighted by molar-refractivity contribution is 5.74. The fourth-order valence-corrected chi connectivity index (χ4v) is 1.68. The lowest BCUT2D eigenvalue weighted by molar-refractivity contribution is 0.554. The number of fused-ring (bicyclic) bond motifs is 1. The first-order chi connectivity index (χ1) is 7.68. The summed E-state index contributed by atoms with van der Waals surface area (Å²) in [6.07, 6.45) is 1.86. The van der Waals surface area contributed by atoms with Gasteiger partial charge in [-0.3, -0.25) is 4.98 Å². The molecule has 0 fully saturated rings. The van der Waals surface area contributed by atoms with Crippen LogP contribution in [0.25, 0.3) is 11.0 Å². The predicted octanol–water partition coefficient (Wildman–Crippen LogP) is 3.55. The summed E-state index contributed by atoms with van der Waals surface area (Å²) < 4.78 is 0. The number of nitrogens with zero attached hydrogens (tertiary/aromatic N) is 2. The topological polar surface area (TPSA) is 41.6 Å².